The third-order valence-electron chi connectivity index (χ3n) is 4.81. The van der Waals surface area contributed by atoms with E-state index in [0.29, 0.717) is 23.8 Å². The number of halogens is 3. The van der Waals surface area contributed by atoms with Crippen LogP contribution in [0, 0.1) is 17.5 Å². The van der Waals surface area contributed by atoms with Gasteiger partial charge in [0.15, 0.2) is 11.0 Å². The van der Waals surface area contributed by atoms with Crippen LogP contribution in [0.5, 0.6) is 0 Å². The predicted molar refractivity (Wildman–Crippen MR) is 121 cm³/mol. The molecule has 4 aromatic rings. The number of benzene rings is 3. The summed E-state index contributed by atoms with van der Waals surface area (Å²) in [6.07, 6.45) is 0.569. The normalized spacial score (nSPS) is 10.9. The quantitative estimate of drug-likeness (QED) is 0.378. The summed E-state index contributed by atoms with van der Waals surface area (Å²) >= 11 is 1.14. The molecule has 0 aliphatic carbocycles. The number of amides is 1. The number of nitrogens with one attached hydrogen (secondary N) is 1. The van der Waals surface area contributed by atoms with Crippen LogP contribution >= 0.6 is 11.8 Å². The lowest BCUT2D eigenvalue weighted by molar-refractivity contribution is -0.118. The monoisotopic (exact) mass is 468 g/mol. The maximum Gasteiger partial charge on any atom is 0.230 e. The molecule has 9 heteroatoms. The fraction of sp³-hybridized carbons (Fsp3) is 0.125. The van der Waals surface area contributed by atoms with Crippen LogP contribution in [0.2, 0.25) is 0 Å². The van der Waals surface area contributed by atoms with E-state index in [1.807, 2.05) is 0 Å². The first-order valence-corrected chi connectivity index (χ1v) is 11.1. The molecule has 1 aromatic heterocycles. The lowest BCUT2D eigenvalue weighted by Gasteiger charge is -2.11. The first kappa shape index (κ1) is 22.6. The van der Waals surface area contributed by atoms with Crippen molar-refractivity contribution in [2.24, 2.45) is 0 Å². The Labute approximate surface area is 192 Å². The molecule has 4 rings (SSSR count). The van der Waals surface area contributed by atoms with Crippen molar-refractivity contribution in [3.63, 3.8) is 0 Å². The van der Waals surface area contributed by atoms with Gasteiger partial charge in [-0.2, -0.15) is 0 Å². The van der Waals surface area contributed by atoms with E-state index in [9.17, 15) is 18.0 Å². The molecular formula is C24H19F3N4OS. The number of hydrogen-bond acceptors (Lipinski definition) is 4. The fourth-order valence-corrected chi connectivity index (χ4v) is 3.96. The van der Waals surface area contributed by atoms with Crippen LogP contribution in [0.15, 0.2) is 78.0 Å². The molecule has 1 amide bonds. The van der Waals surface area contributed by atoms with Gasteiger partial charge in [-0.3, -0.25) is 9.36 Å². The zero-order valence-corrected chi connectivity index (χ0v) is 18.2. The molecule has 1 heterocycles. The van der Waals surface area contributed by atoms with Crippen molar-refractivity contribution in [2.75, 3.05) is 12.3 Å². The summed E-state index contributed by atoms with van der Waals surface area (Å²) in [5.41, 5.74) is 1.69. The Morgan fingerprint density at radius 3 is 2.24 bits per heavy atom. The molecule has 0 spiro atoms. The largest absolute Gasteiger partial charge is 0.355 e. The molecule has 0 radical (unpaired) electrons. The first-order chi connectivity index (χ1) is 16.0. The van der Waals surface area contributed by atoms with Crippen LogP contribution in [-0.4, -0.2) is 33.0 Å². The van der Waals surface area contributed by atoms with E-state index < -0.39 is 11.6 Å². The van der Waals surface area contributed by atoms with E-state index in [-0.39, 0.29) is 28.9 Å². The molecule has 0 bridgehead atoms. The van der Waals surface area contributed by atoms with Gasteiger partial charge in [-0.25, -0.2) is 13.2 Å². The van der Waals surface area contributed by atoms with Crippen LogP contribution in [0.4, 0.5) is 13.2 Å². The third kappa shape index (κ3) is 5.61. The van der Waals surface area contributed by atoms with E-state index in [2.05, 4.69) is 15.5 Å². The standard InChI is InChI=1S/C24H19F3N4OS/c25-17-7-5-16(6-8-17)13-14-28-22(32)15-33-24-30-29-23(20-3-1-2-4-21(20)27)31(24)19-11-9-18(26)10-12-19/h1-12H,13-15H2,(H,28,32). The smallest absolute Gasteiger partial charge is 0.230 e. The highest BCUT2D eigenvalue weighted by molar-refractivity contribution is 7.99. The van der Waals surface area contributed by atoms with E-state index >= 15 is 0 Å². The van der Waals surface area contributed by atoms with Gasteiger partial charge >= 0.3 is 0 Å². The van der Waals surface area contributed by atoms with Gasteiger partial charge in [0.05, 0.1) is 11.3 Å². The molecule has 0 saturated carbocycles. The predicted octanol–water partition coefficient (Wildman–Crippen LogP) is 4.80. The highest BCUT2D eigenvalue weighted by Crippen LogP contribution is 2.29. The minimum Gasteiger partial charge on any atom is -0.355 e. The van der Waals surface area contributed by atoms with Gasteiger partial charge in [0.1, 0.15) is 17.5 Å². The van der Waals surface area contributed by atoms with Gasteiger partial charge < -0.3 is 5.32 Å². The van der Waals surface area contributed by atoms with Crippen LogP contribution in [0.25, 0.3) is 17.1 Å². The Balaban J connectivity index is 1.48. The summed E-state index contributed by atoms with van der Waals surface area (Å²) in [7, 11) is 0. The molecule has 0 saturated heterocycles. The second kappa shape index (κ2) is 10.4. The number of aromatic nitrogens is 3. The maximum absolute atomic E-state index is 14.4. The number of nitrogens with zero attached hydrogens (tertiary/aromatic N) is 3. The minimum atomic E-state index is -0.469. The van der Waals surface area contributed by atoms with Gasteiger partial charge in [0, 0.05) is 12.2 Å². The highest BCUT2D eigenvalue weighted by atomic mass is 32.2. The fourth-order valence-electron chi connectivity index (χ4n) is 3.18. The van der Waals surface area contributed by atoms with Crippen LogP contribution < -0.4 is 5.32 Å². The van der Waals surface area contributed by atoms with Gasteiger partial charge in [0.25, 0.3) is 0 Å². The lowest BCUT2D eigenvalue weighted by atomic mass is 10.1. The van der Waals surface area contributed by atoms with E-state index in [1.165, 1.54) is 42.5 Å². The van der Waals surface area contributed by atoms with Crippen LogP contribution in [-0.2, 0) is 11.2 Å². The summed E-state index contributed by atoms with van der Waals surface area (Å²) in [4.78, 5) is 12.3. The first-order valence-electron chi connectivity index (χ1n) is 10.1. The number of thioether (sulfide) groups is 1. The molecule has 0 unspecified atom stereocenters. The maximum atomic E-state index is 14.4. The molecule has 0 fully saturated rings. The van der Waals surface area contributed by atoms with Crippen molar-refractivity contribution in [1.82, 2.24) is 20.1 Å². The zero-order chi connectivity index (χ0) is 23.2. The molecule has 5 nitrogen and oxygen atoms in total. The molecule has 168 valence electrons. The molecular weight excluding hydrogens is 449 g/mol. The number of carbonyl (C=O) groups excluding carboxylic acids is 1. The summed E-state index contributed by atoms with van der Waals surface area (Å²) < 4.78 is 42.5. The third-order valence-corrected chi connectivity index (χ3v) is 5.74. The molecule has 0 atom stereocenters. The molecule has 33 heavy (non-hydrogen) atoms. The zero-order valence-electron chi connectivity index (χ0n) is 17.3. The second-order valence-corrected chi connectivity index (χ2v) is 8.06. The number of hydrogen-bond donors (Lipinski definition) is 1. The summed E-state index contributed by atoms with van der Waals surface area (Å²) in [6.45, 7) is 0.399. The number of carbonyl (C=O) groups is 1. The summed E-state index contributed by atoms with van der Waals surface area (Å²) in [6, 6.07) is 17.9. The molecule has 0 aliphatic heterocycles. The van der Waals surface area contributed by atoms with Crippen molar-refractivity contribution in [3.8, 4) is 17.1 Å². The molecule has 0 aliphatic rings. The second-order valence-electron chi connectivity index (χ2n) is 7.11. The van der Waals surface area contributed by atoms with Gasteiger partial charge in [0.2, 0.25) is 5.91 Å². The van der Waals surface area contributed by atoms with E-state index in [1.54, 1.807) is 34.9 Å². The van der Waals surface area contributed by atoms with E-state index in [4.69, 9.17) is 0 Å². The Morgan fingerprint density at radius 2 is 1.55 bits per heavy atom. The molecule has 1 N–H and O–H groups in total. The minimum absolute atomic E-state index is 0.0556. The van der Waals surface area contributed by atoms with E-state index in [0.717, 1.165) is 17.3 Å². The average Bonchev–Trinajstić information content (AvgIpc) is 3.23. The lowest BCUT2D eigenvalue weighted by Crippen LogP contribution is -2.27. The summed E-state index contributed by atoms with van der Waals surface area (Å²) in [5.74, 6) is -1.10. The van der Waals surface area contributed by atoms with Crippen molar-refractivity contribution in [3.05, 3.63) is 95.8 Å². The Morgan fingerprint density at radius 1 is 0.879 bits per heavy atom. The van der Waals surface area contributed by atoms with Gasteiger partial charge in [-0.15, -0.1) is 10.2 Å². The molecule has 3 aromatic carbocycles. The topological polar surface area (TPSA) is 59.8 Å². The van der Waals surface area contributed by atoms with Crippen molar-refractivity contribution >= 4 is 17.7 Å². The Kier molecular flexibility index (Phi) is 7.09. The summed E-state index contributed by atoms with van der Waals surface area (Å²) in [5, 5.41) is 11.4. The average molecular weight is 469 g/mol. The van der Waals surface area contributed by atoms with Crippen LogP contribution in [0.3, 0.4) is 0 Å². The van der Waals surface area contributed by atoms with Crippen LogP contribution in [0.1, 0.15) is 5.56 Å². The van der Waals surface area contributed by atoms with Gasteiger partial charge in [-0.05, 0) is 60.5 Å². The Bertz CT molecular complexity index is 1240. The van der Waals surface area contributed by atoms with Crippen molar-refractivity contribution < 1.29 is 18.0 Å². The van der Waals surface area contributed by atoms with Gasteiger partial charge in [-0.1, -0.05) is 36.0 Å². The Hall–Kier alpha value is -3.59. The highest BCUT2D eigenvalue weighted by Gasteiger charge is 2.19. The van der Waals surface area contributed by atoms with Crippen molar-refractivity contribution in [1.29, 1.82) is 0 Å². The SMILES string of the molecule is O=C(CSc1nnc(-c2ccccc2F)n1-c1ccc(F)cc1)NCCc1ccc(F)cc1. The number of rotatable bonds is 8. The van der Waals surface area contributed by atoms with Crippen molar-refractivity contribution in [2.45, 2.75) is 11.6 Å².